The quantitative estimate of drug-likeness (QED) is 0.451. The minimum Gasteiger partial charge on any atom is -0.325 e. The number of nitrogens with one attached hydrogen (secondary N) is 1. The van der Waals surface area contributed by atoms with Gasteiger partial charge in [0.1, 0.15) is 0 Å². The van der Waals surface area contributed by atoms with Crippen molar-refractivity contribution >= 4 is 0 Å². The van der Waals surface area contributed by atoms with Crippen LogP contribution in [-0.2, 0) is 4.74 Å². The summed E-state index contributed by atoms with van der Waals surface area (Å²) < 4.78 is 51.3. The van der Waals surface area contributed by atoms with Gasteiger partial charge in [-0.25, -0.2) is 18.5 Å². The Morgan fingerprint density at radius 3 is 2.40 bits per heavy atom. The Hall–Kier alpha value is -0.360. The summed E-state index contributed by atoms with van der Waals surface area (Å²) in [6.45, 7) is -0.680. The largest absolute Gasteiger partial charge is 0.330 e. The summed E-state index contributed by atoms with van der Waals surface area (Å²) in [5, 5.41) is 1.32. The Labute approximate surface area is 54.2 Å². The predicted octanol–water partition coefficient (Wildman–Crippen LogP) is 0.790. The number of ether oxygens (including phenoxy) is 1. The minimum absolute atomic E-state index is 0.680. The first-order valence-corrected chi connectivity index (χ1v) is 2.57. The number of halogens is 4. The fraction of sp³-hybridized carbons (Fsp3) is 1.00. The molecule has 0 radical (unpaired) electrons. The monoisotopic (exact) mass is 159 g/mol. The van der Waals surface area contributed by atoms with E-state index in [4.69, 9.17) is 0 Å². The van der Waals surface area contributed by atoms with E-state index in [0.29, 0.717) is 0 Å². The van der Waals surface area contributed by atoms with Crippen LogP contribution < -0.4 is 5.32 Å². The third-order valence-electron chi connectivity index (χ3n) is 1.07. The molecule has 0 aromatic heterocycles. The van der Waals surface area contributed by atoms with Crippen LogP contribution in [0.1, 0.15) is 0 Å². The van der Waals surface area contributed by atoms with Gasteiger partial charge < -0.3 is 4.74 Å². The van der Waals surface area contributed by atoms with Crippen molar-refractivity contribution in [1.29, 1.82) is 0 Å². The molecule has 1 rings (SSSR count). The van der Waals surface area contributed by atoms with Gasteiger partial charge in [-0.15, -0.1) is 0 Å². The molecule has 2 atom stereocenters. The molecule has 0 amide bonds. The molecule has 0 aromatic carbocycles. The maximum absolute atomic E-state index is 12.4. The Morgan fingerprint density at radius 1 is 1.60 bits per heavy atom. The van der Waals surface area contributed by atoms with Gasteiger partial charge in [0.15, 0.2) is 6.30 Å². The zero-order valence-corrected chi connectivity index (χ0v) is 4.78. The molecule has 1 saturated heterocycles. The van der Waals surface area contributed by atoms with Crippen LogP contribution in [-0.4, -0.2) is 25.3 Å². The molecule has 0 saturated carbocycles. The third kappa shape index (κ3) is 1.22. The van der Waals surface area contributed by atoms with Gasteiger partial charge in [0.25, 0.3) is 0 Å². The van der Waals surface area contributed by atoms with Gasteiger partial charge in [0.2, 0.25) is 0 Å². The van der Waals surface area contributed by atoms with Crippen LogP contribution in [0, 0.1) is 0 Å². The van der Waals surface area contributed by atoms with Crippen molar-refractivity contribution in [2.24, 2.45) is 0 Å². The predicted molar refractivity (Wildman–Crippen MR) is 23.8 cm³/mol. The van der Waals surface area contributed by atoms with E-state index in [1.165, 1.54) is 5.32 Å². The highest BCUT2D eigenvalue weighted by Gasteiger charge is 2.48. The normalized spacial score (nSPS) is 41.1. The first-order chi connectivity index (χ1) is 4.54. The molecule has 6 heteroatoms. The molecular weight excluding hydrogens is 154 g/mol. The SMILES string of the molecule is FC(F)[C@]1(F)N[C@H](F)CO1. The first-order valence-electron chi connectivity index (χ1n) is 2.57. The van der Waals surface area contributed by atoms with E-state index < -0.39 is 25.3 Å². The third-order valence-corrected chi connectivity index (χ3v) is 1.07. The molecule has 0 unspecified atom stereocenters. The van der Waals surface area contributed by atoms with Gasteiger partial charge in [0.05, 0.1) is 6.61 Å². The lowest BCUT2D eigenvalue weighted by atomic mass is 10.5. The van der Waals surface area contributed by atoms with Gasteiger partial charge in [-0.05, 0) is 0 Å². The second-order valence-electron chi connectivity index (χ2n) is 1.87. The molecule has 60 valence electrons. The molecule has 0 spiro atoms. The van der Waals surface area contributed by atoms with Crippen LogP contribution in [0.2, 0.25) is 0 Å². The van der Waals surface area contributed by atoms with Gasteiger partial charge in [-0.2, -0.15) is 4.39 Å². The van der Waals surface area contributed by atoms with E-state index in [2.05, 4.69) is 4.74 Å². The molecule has 1 heterocycles. The van der Waals surface area contributed by atoms with Crippen molar-refractivity contribution in [3.63, 3.8) is 0 Å². The zero-order valence-electron chi connectivity index (χ0n) is 4.78. The molecule has 1 aliphatic heterocycles. The summed E-state index contributed by atoms with van der Waals surface area (Å²) in [5.41, 5.74) is 0. The Bertz CT molecular complexity index is 132. The van der Waals surface area contributed by atoms with E-state index >= 15 is 0 Å². The van der Waals surface area contributed by atoms with Crippen molar-refractivity contribution in [3.05, 3.63) is 0 Å². The lowest BCUT2D eigenvalue weighted by Crippen LogP contribution is -2.45. The molecule has 0 aromatic rings. The maximum Gasteiger partial charge on any atom is 0.330 e. The van der Waals surface area contributed by atoms with Gasteiger partial charge in [-0.1, -0.05) is 0 Å². The second kappa shape index (κ2) is 2.35. The van der Waals surface area contributed by atoms with Gasteiger partial charge in [0, 0.05) is 0 Å². The van der Waals surface area contributed by atoms with Crippen molar-refractivity contribution in [2.75, 3.05) is 6.61 Å². The summed E-state index contributed by atoms with van der Waals surface area (Å²) in [5.74, 6) is -3.29. The average molecular weight is 159 g/mol. The van der Waals surface area contributed by atoms with Crippen LogP contribution >= 0.6 is 0 Å². The van der Waals surface area contributed by atoms with Crippen molar-refractivity contribution < 1.29 is 22.3 Å². The standard InChI is InChI=1S/C4H5F4NO/c5-2-1-10-4(8,9-2)3(6)7/h2-3,9H,1H2/t2-,4-/m0/s1. The molecule has 1 aliphatic rings. The maximum atomic E-state index is 12.4. The first kappa shape index (κ1) is 7.74. The Kier molecular flexibility index (Phi) is 1.82. The second-order valence-corrected chi connectivity index (χ2v) is 1.87. The van der Waals surface area contributed by atoms with E-state index in [0.717, 1.165) is 0 Å². The molecule has 10 heavy (non-hydrogen) atoms. The van der Waals surface area contributed by atoms with Crippen molar-refractivity contribution in [3.8, 4) is 0 Å². The van der Waals surface area contributed by atoms with E-state index in [9.17, 15) is 17.6 Å². The summed E-state index contributed by atoms with van der Waals surface area (Å²) in [7, 11) is 0. The summed E-state index contributed by atoms with van der Waals surface area (Å²) in [6, 6.07) is 0. The van der Waals surface area contributed by atoms with Crippen LogP contribution in [0.3, 0.4) is 0 Å². The summed E-state index contributed by atoms with van der Waals surface area (Å²) >= 11 is 0. The number of rotatable bonds is 1. The lowest BCUT2D eigenvalue weighted by Gasteiger charge is -2.16. The number of hydrogen-bond acceptors (Lipinski definition) is 2. The summed E-state index contributed by atoms with van der Waals surface area (Å²) in [4.78, 5) is 0. The molecule has 2 nitrogen and oxygen atoms in total. The molecule has 1 fully saturated rings. The lowest BCUT2D eigenvalue weighted by molar-refractivity contribution is -0.206. The molecule has 1 N–H and O–H groups in total. The van der Waals surface area contributed by atoms with Crippen molar-refractivity contribution in [2.45, 2.75) is 18.7 Å². The van der Waals surface area contributed by atoms with Crippen LogP contribution in [0.4, 0.5) is 17.6 Å². The van der Waals surface area contributed by atoms with Gasteiger partial charge >= 0.3 is 12.4 Å². The van der Waals surface area contributed by atoms with Gasteiger partial charge in [-0.3, -0.25) is 0 Å². The highest BCUT2D eigenvalue weighted by Crippen LogP contribution is 2.25. The molecule has 0 aliphatic carbocycles. The topological polar surface area (TPSA) is 21.3 Å². The zero-order chi connectivity index (χ0) is 7.78. The highest BCUT2D eigenvalue weighted by atomic mass is 19.3. The highest BCUT2D eigenvalue weighted by molar-refractivity contribution is 4.76. The minimum atomic E-state index is -3.37. The van der Waals surface area contributed by atoms with E-state index in [1.807, 2.05) is 0 Å². The van der Waals surface area contributed by atoms with Crippen LogP contribution in [0.5, 0.6) is 0 Å². The van der Waals surface area contributed by atoms with Crippen LogP contribution in [0.15, 0.2) is 0 Å². The van der Waals surface area contributed by atoms with E-state index in [-0.39, 0.29) is 0 Å². The Balaban J connectivity index is 2.54. The van der Waals surface area contributed by atoms with Crippen molar-refractivity contribution in [1.82, 2.24) is 5.32 Å². The molecule has 0 bridgehead atoms. The average Bonchev–Trinajstić information content (AvgIpc) is 2.13. The smallest absolute Gasteiger partial charge is 0.325 e. The fourth-order valence-electron chi connectivity index (χ4n) is 0.617. The number of hydrogen-bond donors (Lipinski definition) is 1. The Morgan fingerprint density at radius 2 is 2.20 bits per heavy atom. The fourth-order valence-corrected chi connectivity index (χ4v) is 0.617. The summed E-state index contributed by atoms with van der Waals surface area (Å²) in [6.07, 6.45) is -5.22. The molecular formula is C4H5F4NO. The van der Waals surface area contributed by atoms with Crippen LogP contribution in [0.25, 0.3) is 0 Å². The van der Waals surface area contributed by atoms with E-state index in [1.54, 1.807) is 0 Å². The number of alkyl halides is 4.